The predicted octanol–water partition coefficient (Wildman–Crippen LogP) is 2.65. The Balaban J connectivity index is 2.17. The molecule has 0 aliphatic carbocycles. The Kier molecular flexibility index (Phi) is 5.28. The quantitative estimate of drug-likeness (QED) is 0.868. The summed E-state index contributed by atoms with van der Waals surface area (Å²) in [6.45, 7) is 2.93. The standard InChI is InChI=1S/C15H22N2OS/c1-3-7-13-15(18)17(10-11-19-2)14(16-13)12-8-5-4-6-9-12/h4-6,8-9,13-14,16H,3,7,10-11H2,1-2H3. The summed E-state index contributed by atoms with van der Waals surface area (Å²) in [5, 5.41) is 3.48. The summed E-state index contributed by atoms with van der Waals surface area (Å²) < 4.78 is 0. The van der Waals surface area contributed by atoms with E-state index in [4.69, 9.17) is 0 Å². The highest BCUT2D eigenvalue weighted by Gasteiger charge is 2.38. The van der Waals surface area contributed by atoms with Gasteiger partial charge in [-0.05, 0) is 18.2 Å². The summed E-state index contributed by atoms with van der Waals surface area (Å²) in [6, 6.07) is 10.2. The number of amides is 1. The molecule has 1 saturated heterocycles. The molecule has 1 heterocycles. The van der Waals surface area contributed by atoms with Gasteiger partial charge in [0, 0.05) is 12.3 Å². The van der Waals surface area contributed by atoms with Crippen molar-refractivity contribution in [3.63, 3.8) is 0 Å². The van der Waals surface area contributed by atoms with E-state index < -0.39 is 0 Å². The molecule has 2 rings (SSSR count). The molecule has 104 valence electrons. The van der Waals surface area contributed by atoms with Crippen LogP contribution in [0, 0.1) is 0 Å². The number of rotatable bonds is 6. The van der Waals surface area contributed by atoms with Gasteiger partial charge < -0.3 is 4.90 Å². The van der Waals surface area contributed by atoms with E-state index in [-0.39, 0.29) is 18.1 Å². The van der Waals surface area contributed by atoms with E-state index in [0.29, 0.717) is 0 Å². The third-order valence-corrected chi connectivity index (χ3v) is 4.07. The molecule has 1 aliphatic rings. The maximum Gasteiger partial charge on any atom is 0.241 e. The maximum atomic E-state index is 12.4. The normalized spacial score (nSPS) is 23.1. The molecule has 4 heteroatoms. The van der Waals surface area contributed by atoms with Gasteiger partial charge in [0.05, 0.1) is 6.04 Å². The summed E-state index contributed by atoms with van der Waals surface area (Å²) >= 11 is 1.78. The molecule has 0 aromatic heterocycles. The zero-order valence-electron chi connectivity index (χ0n) is 11.6. The third-order valence-electron chi connectivity index (χ3n) is 3.48. The third kappa shape index (κ3) is 3.31. The van der Waals surface area contributed by atoms with Gasteiger partial charge in [0.2, 0.25) is 5.91 Å². The van der Waals surface area contributed by atoms with Crippen molar-refractivity contribution in [1.29, 1.82) is 0 Å². The van der Waals surface area contributed by atoms with Gasteiger partial charge in [-0.25, -0.2) is 0 Å². The lowest BCUT2D eigenvalue weighted by atomic mass is 10.1. The molecule has 1 N–H and O–H groups in total. The van der Waals surface area contributed by atoms with Crippen LogP contribution in [0.3, 0.4) is 0 Å². The fraction of sp³-hybridized carbons (Fsp3) is 0.533. The summed E-state index contributed by atoms with van der Waals surface area (Å²) in [5.74, 6) is 1.24. The van der Waals surface area contributed by atoms with Crippen LogP contribution < -0.4 is 5.32 Å². The Labute approximate surface area is 119 Å². The summed E-state index contributed by atoms with van der Waals surface area (Å²) in [6.07, 6.45) is 4.06. The van der Waals surface area contributed by atoms with Crippen LogP contribution in [-0.2, 0) is 4.79 Å². The first-order chi connectivity index (χ1) is 9.27. The molecule has 2 atom stereocenters. The highest BCUT2D eigenvalue weighted by Crippen LogP contribution is 2.26. The second-order valence-electron chi connectivity index (χ2n) is 4.85. The minimum atomic E-state index is -0.0166. The second kappa shape index (κ2) is 6.96. The van der Waals surface area contributed by atoms with Crippen molar-refractivity contribution in [1.82, 2.24) is 10.2 Å². The Bertz CT molecular complexity index is 410. The molecule has 19 heavy (non-hydrogen) atoms. The van der Waals surface area contributed by atoms with Crippen LogP contribution in [0.25, 0.3) is 0 Å². The lowest BCUT2D eigenvalue weighted by molar-refractivity contribution is -0.130. The molecule has 0 radical (unpaired) electrons. The van der Waals surface area contributed by atoms with E-state index in [9.17, 15) is 4.79 Å². The molecule has 1 aromatic carbocycles. The number of carbonyl (C=O) groups is 1. The highest BCUT2D eigenvalue weighted by molar-refractivity contribution is 7.98. The molecule has 0 saturated carbocycles. The topological polar surface area (TPSA) is 32.3 Å². The molecule has 1 fully saturated rings. The number of hydrogen-bond acceptors (Lipinski definition) is 3. The first kappa shape index (κ1) is 14.4. The van der Waals surface area contributed by atoms with Gasteiger partial charge in [0.1, 0.15) is 6.17 Å². The summed E-state index contributed by atoms with van der Waals surface area (Å²) in [5.41, 5.74) is 1.18. The first-order valence-electron chi connectivity index (χ1n) is 6.88. The van der Waals surface area contributed by atoms with Crippen molar-refractivity contribution in [2.24, 2.45) is 0 Å². The van der Waals surface area contributed by atoms with E-state index in [1.54, 1.807) is 11.8 Å². The predicted molar refractivity (Wildman–Crippen MR) is 81.1 cm³/mol. The van der Waals surface area contributed by atoms with Crippen molar-refractivity contribution in [3.05, 3.63) is 35.9 Å². The van der Waals surface area contributed by atoms with Crippen LogP contribution >= 0.6 is 11.8 Å². The van der Waals surface area contributed by atoms with Crippen LogP contribution in [0.5, 0.6) is 0 Å². The molecule has 1 amide bonds. The van der Waals surface area contributed by atoms with E-state index in [1.807, 2.05) is 23.1 Å². The largest absolute Gasteiger partial charge is 0.321 e. The summed E-state index contributed by atoms with van der Waals surface area (Å²) in [7, 11) is 0. The van der Waals surface area contributed by atoms with E-state index >= 15 is 0 Å². The summed E-state index contributed by atoms with van der Waals surface area (Å²) in [4.78, 5) is 14.4. The van der Waals surface area contributed by atoms with Crippen LogP contribution in [0.1, 0.15) is 31.5 Å². The lowest BCUT2D eigenvalue weighted by Gasteiger charge is -2.24. The highest BCUT2D eigenvalue weighted by atomic mass is 32.2. The van der Waals surface area contributed by atoms with Gasteiger partial charge >= 0.3 is 0 Å². The fourth-order valence-electron chi connectivity index (χ4n) is 2.52. The maximum absolute atomic E-state index is 12.4. The number of nitrogens with one attached hydrogen (secondary N) is 1. The molecule has 3 nitrogen and oxygen atoms in total. The van der Waals surface area contributed by atoms with E-state index in [0.717, 1.165) is 25.1 Å². The molecular weight excluding hydrogens is 256 g/mol. The number of carbonyl (C=O) groups excluding carboxylic acids is 1. The first-order valence-corrected chi connectivity index (χ1v) is 8.27. The second-order valence-corrected chi connectivity index (χ2v) is 5.83. The van der Waals surface area contributed by atoms with Gasteiger partial charge in [0.25, 0.3) is 0 Å². The molecule has 0 spiro atoms. The number of thioether (sulfide) groups is 1. The van der Waals surface area contributed by atoms with Gasteiger partial charge in [-0.15, -0.1) is 0 Å². The van der Waals surface area contributed by atoms with Crippen LogP contribution in [0.4, 0.5) is 0 Å². The molecular formula is C15H22N2OS. The van der Waals surface area contributed by atoms with Crippen LogP contribution in [0.2, 0.25) is 0 Å². The monoisotopic (exact) mass is 278 g/mol. The Morgan fingerprint density at radius 2 is 2.05 bits per heavy atom. The lowest BCUT2D eigenvalue weighted by Crippen LogP contribution is -2.33. The molecule has 1 aliphatic heterocycles. The number of nitrogens with zero attached hydrogens (tertiary/aromatic N) is 1. The number of hydrogen-bond donors (Lipinski definition) is 1. The van der Waals surface area contributed by atoms with E-state index in [1.165, 1.54) is 5.56 Å². The fourth-order valence-corrected chi connectivity index (χ4v) is 2.89. The minimum Gasteiger partial charge on any atom is -0.321 e. The van der Waals surface area contributed by atoms with E-state index in [2.05, 4.69) is 30.6 Å². The average molecular weight is 278 g/mol. The molecule has 1 aromatic rings. The SMILES string of the molecule is CCCC1NC(c2ccccc2)N(CCSC)C1=O. The van der Waals surface area contributed by atoms with Crippen LogP contribution in [0.15, 0.2) is 30.3 Å². The van der Waals surface area contributed by atoms with Crippen molar-refractivity contribution >= 4 is 17.7 Å². The zero-order chi connectivity index (χ0) is 13.7. The van der Waals surface area contributed by atoms with Gasteiger partial charge in [-0.2, -0.15) is 11.8 Å². The Morgan fingerprint density at radius 1 is 1.32 bits per heavy atom. The minimum absolute atomic E-state index is 0.0166. The van der Waals surface area contributed by atoms with Crippen molar-refractivity contribution in [3.8, 4) is 0 Å². The van der Waals surface area contributed by atoms with Gasteiger partial charge in [0.15, 0.2) is 0 Å². The molecule has 2 unspecified atom stereocenters. The number of benzene rings is 1. The smallest absolute Gasteiger partial charge is 0.241 e. The van der Waals surface area contributed by atoms with Gasteiger partial charge in [-0.3, -0.25) is 10.1 Å². The van der Waals surface area contributed by atoms with Crippen LogP contribution in [-0.4, -0.2) is 35.4 Å². The Hall–Kier alpha value is -1.00. The van der Waals surface area contributed by atoms with Crippen molar-refractivity contribution < 1.29 is 4.79 Å². The van der Waals surface area contributed by atoms with Crippen molar-refractivity contribution in [2.45, 2.75) is 32.0 Å². The van der Waals surface area contributed by atoms with Gasteiger partial charge in [-0.1, -0.05) is 43.7 Å². The Morgan fingerprint density at radius 3 is 2.68 bits per heavy atom. The molecule has 0 bridgehead atoms. The average Bonchev–Trinajstić information content (AvgIpc) is 2.75. The zero-order valence-corrected chi connectivity index (χ0v) is 12.5. The van der Waals surface area contributed by atoms with Crippen molar-refractivity contribution in [2.75, 3.05) is 18.6 Å².